The number of nitrogens with one attached hydrogen (secondary N) is 2. The highest BCUT2D eigenvalue weighted by Crippen LogP contribution is 2.30. The van der Waals surface area contributed by atoms with Crippen LogP contribution in [-0.2, 0) is 4.79 Å². The van der Waals surface area contributed by atoms with Crippen molar-refractivity contribution in [3.8, 4) is 5.75 Å². The summed E-state index contributed by atoms with van der Waals surface area (Å²) < 4.78 is 1.20. The minimum atomic E-state index is -0.616. The molecule has 3 aromatic rings. The number of allylic oxidation sites excluding steroid dienone is 2. The maximum Gasteiger partial charge on any atom is 0.287 e. The van der Waals surface area contributed by atoms with Crippen molar-refractivity contribution in [3.05, 3.63) is 116 Å². The molecule has 34 heavy (non-hydrogen) atoms. The molecule has 0 atom stereocenters. The number of rotatable bonds is 7. The molecule has 0 aliphatic heterocycles. The van der Waals surface area contributed by atoms with Crippen molar-refractivity contribution in [2.45, 2.75) is 6.92 Å². The van der Waals surface area contributed by atoms with Crippen molar-refractivity contribution in [2.75, 3.05) is 0 Å². The lowest BCUT2D eigenvalue weighted by Gasteiger charge is -2.09. The van der Waals surface area contributed by atoms with Crippen molar-refractivity contribution in [1.82, 2.24) is 10.7 Å². The third-order valence-electron chi connectivity index (χ3n) is 4.52. The third kappa shape index (κ3) is 7.26. The molecule has 3 N–H and O–H groups in total. The quantitative estimate of drug-likeness (QED) is 0.143. The van der Waals surface area contributed by atoms with Gasteiger partial charge in [0.15, 0.2) is 0 Å². The summed E-state index contributed by atoms with van der Waals surface area (Å²) in [7, 11) is 0. The van der Waals surface area contributed by atoms with E-state index in [1.807, 2.05) is 43.3 Å². The first-order chi connectivity index (χ1) is 16.3. The minimum absolute atomic E-state index is 0.0176. The van der Waals surface area contributed by atoms with Crippen molar-refractivity contribution in [2.24, 2.45) is 5.10 Å². The van der Waals surface area contributed by atoms with Crippen LogP contribution in [-0.4, -0.2) is 23.1 Å². The Kier molecular flexibility index (Phi) is 8.95. The van der Waals surface area contributed by atoms with Crippen LogP contribution in [0.5, 0.6) is 5.75 Å². The van der Waals surface area contributed by atoms with E-state index in [0.717, 1.165) is 15.6 Å². The highest BCUT2D eigenvalue weighted by Gasteiger charge is 2.14. The number of hydrazone groups is 1. The predicted molar refractivity (Wildman–Crippen MR) is 141 cm³/mol. The molecule has 0 radical (unpaired) electrons. The zero-order valence-electron chi connectivity index (χ0n) is 18.1. The number of aromatic hydroxyl groups is 1. The summed E-state index contributed by atoms with van der Waals surface area (Å²) in [6.07, 6.45) is 4.78. The molecule has 3 aromatic carbocycles. The monoisotopic (exact) mass is 581 g/mol. The SMILES string of the molecule is CC(/C=C(\NC(=O)c1ccccc1)C(=O)N/N=C/c1cc(Br)cc(Br)c1O)=C\c1ccccc1. The summed E-state index contributed by atoms with van der Waals surface area (Å²) in [4.78, 5) is 25.6. The molecule has 0 aliphatic carbocycles. The van der Waals surface area contributed by atoms with E-state index in [-0.39, 0.29) is 11.4 Å². The Labute approximate surface area is 214 Å². The zero-order valence-corrected chi connectivity index (χ0v) is 21.3. The van der Waals surface area contributed by atoms with Gasteiger partial charge in [0.25, 0.3) is 11.8 Å². The molecular formula is C26H21Br2N3O3. The van der Waals surface area contributed by atoms with Gasteiger partial charge in [0.2, 0.25) is 0 Å². The summed E-state index contributed by atoms with van der Waals surface area (Å²) in [5.74, 6) is -1.06. The van der Waals surface area contributed by atoms with E-state index in [1.165, 1.54) is 6.21 Å². The van der Waals surface area contributed by atoms with Gasteiger partial charge in [0.1, 0.15) is 11.4 Å². The summed E-state index contributed by atoms with van der Waals surface area (Å²) in [6.45, 7) is 1.83. The molecule has 8 heteroatoms. The summed E-state index contributed by atoms with van der Waals surface area (Å²) in [5.41, 5.74) is 4.94. The number of hydrogen-bond donors (Lipinski definition) is 3. The van der Waals surface area contributed by atoms with Gasteiger partial charge in [-0.1, -0.05) is 70.5 Å². The van der Waals surface area contributed by atoms with E-state index in [9.17, 15) is 14.7 Å². The lowest BCUT2D eigenvalue weighted by molar-refractivity contribution is -0.117. The van der Waals surface area contributed by atoms with Gasteiger partial charge in [-0.15, -0.1) is 0 Å². The number of phenolic OH excluding ortho intramolecular Hbond substituents is 1. The second kappa shape index (κ2) is 12.1. The molecule has 0 fully saturated rings. The van der Waals surface area contributed by atoms with Gasteiger partial charge in [0.05, 0.1) is 10.7 Å². The van der Waals surface area contributed by atoms with Crippen LogP contribution in [0.15, 0.2) is 104 Å². The lowest BCUT2D eigenvalue weighted by Crippen LogP contribution is -2.33. The Bertz CT molecular complexity index is 1270. The predicted octanol–water partition coefficient (Wildman–Crippen LogP) is 5.78. The Morgan fingerprint density at radius 2 is 1.62 bits per heavy atom. The van der Waals surface area contributed by atoms with Gasteiger partial charge in [0, 0.05) is 15.6 Å². The van der Waals surface area contributed by atoms with E-state index in [4.69, 9.17) is 0 Å². The molecule has 0 unspecified atom stereocenters. The van der Waals surface area contributed by atoms with Crippen LogP contribution in [0.1, 0.15) is 28.4 Å². The molecule has 6 nitrogen and oxygen atoms in total. The number of amides is 2. The van der Waals surface area contributed by atoms with Crippen LogP contribution in [0.25, 0.3) is 6.08 Å². The molecule has 0 bridgehead atoms. The van der Waals surface area contributed by atoms with E-state index in [0.29, 0.717) is 15.6 Å². The second-order valence-corrected chi connectivity index (χ2v) is 8.97. The number of phenols is 1. The summed E-state index contributed by atoms with van der Waals surface area (Å²) >= 11 is 6.59. The van der Waals surface area contributed by atoms with Crippen LogP contribution in [0.2, 0.25) is 0 Å². The van der Waals surface area contributed by atoms with Gasteiger partial charge in [-0.05, 0) is 64.3 Å². The molecule has 0 spiro atoms. The molecule has 0 saturated carbocycles. The fourth-order valence-electron chi connectivity index (χ4n) is 2.93. The number of hydrogen-bond acceptors (Lipinski definition) is 4. The van der Waals surface area contributed by atoms with E-state index < -0.39 is 11.8 Å². The standard InChI is InChI=1S/C26H21Br2N3O3/c1-17(12-18-8-4-2-5-9-18)13-23(30-25(33)19-10-6-3-7-11-19)26(34)31-29-16-20-14-21(27)15-22(28)24(20)32/h2-16,32H,1H3,(H,30,33)(H,31,34)/b17-12+,23-13-,29-16+. The average Bonchev–Trinajstić information content (AvgIpc) is 2.82. The highest BCUT2D eigenvalue weighted by molar-refractivity contribution is 9.11. The summed E-state index contributed by atoms with van der Waals surface area (Å²) in [5, 5.41) is 16.8. The molecular weight excluding hydrogens is 562 g/mol. The molecule has 0 heterocycles. The Morgan fingerprint density at radius 3 is 2.29 bits per heavy atom. The lowest BCUT2D eigenvalue weighted by atomic mass is 10.1. The maximum absolute atomic E-state index is 12.9. The van der Waals surface area contributed by atoms with Gasteiger partial charge in [-0.2, -0.15) is 5.10 Å². The van der Waals surface area contributed by atoms with Gasteiger partial charge in [-0.25, -0.2) is 5.43 Å². The fourth-order valence-corrected chi connectivity index (χ4v) is 4.19. The largest absolute Gasteiger partial charge is 0.506 e. The highest BCUT2D eigenvalue weighted by atomic mass is 79.9. The Hall–Kier alpha value is -3.49. The van der Waals surface area contributed by atoms with Crippen LogP contribution >= 0.6 is 31.9 Å². The van der Waals surface area contributed by atoms with Gasteiger partial charge in [-0.3, -0.25) is 9.59 Å². The van der Waals surface area contributed by atoms with Gasteiger partial charge >= 0.3 is 0 Å². The minimum Gasteiger partial charge on any atom is -0.506 e. The van der Waals surface area contributed by atoms with Crippen LogP contribution in [0.4, 0.5) is 0 Å². The Morgan fingerprint density at radius 1 is 0.971 bits per heavy atom. The smallest absolute Gasteiger partial charge is 0.287 e. The maximum atomic E-state index is 12.9. The van der Waals surface area contributed by atoms with Crippen molar-refractivity contribution in [3.63, 3.8) is 0 Å². The van der Waals surface area contributed by atoms with Crippen LogP contribution < -0.4 is 10.7 Å². The number of carbonyl (C=O) groups is 2. The van der Waals surface area contributed by atoms with Crippen LogP contribution in [0.3, 0.4) is 0 Å². The van der Waals surface area contributed by atoms with Crippen molar-refractivity contribution >= 4 is 56.0 Å². The first kappa shape index (κ1) is 25.1. The fraction of sp³-hybridized carbons (Fsp3) is 0.0385. The van der Waals surface area contributed by atoms with Crippen molar-refractivity contribution < 1.29 is 14.7 Å². The summed E-state index contributed by atoms with van der Waals surface area (Å²) in [6, 6.07) is 21.6. The second-order valence-electron chi connectivity index (χ2n) is 7.20. The van der Waals surface area contributed by atoms with Crippen molar-refractivity contribution in [1.29, 1.82) is 0 Å². The Balaban J connectivity index is 1.84. The number of carbonyl (C=O) groups excluding carboxylic acids is 2. The van der Waals surface area contributed by atoms with Gasteiger partial charge < -0.3 is 10.4 Å². The average molecular weight is 583 g/mol. The van der Waals surface area contributed by atoms with Crippen LogP contribution in [0, 0.1) is 0 Å². The first-order valence-corrected chi connectivity index (χ1v) is 11.7. The third-order valence-corrected chi connectivity index (χ3v) is 5.58. The molecule has 0 aromatic heterocycles. The topological polar surface area (TPSA) is 90.8 Å². The van der Waals surface area contributed by atoms with E-state index >= 15 is 0 Å². The normalized spacial score (nSPS) is 12.0. The number of halogens is 2. The molecule has 0 saturated heterocycles. The molecule has 0 aliphatic rings. The molecule has 172 valence electrons. The van der Waals surface area contributed by atoms with E-state index in [1.54, 1.807) is 48.5 Å². The first-order valence-electron chi connectivity index (χ1n) is 10.2. The van der Waals surface area contributed by atoms with E-state index in [2.05, 4.69) is 47.7 Å². The zero-order chi connectivity index (χ0) is 24.5. The molecule has 3 rings (SSSR count). The number of benzene rings is 3. The number of nitrogens with zero attached hydrogens (tertiary/aromatic N) is 1. The molecule has 2 amide bonds.